The van der Waals surface area contributed by atoms with Crippen LogP contribution in [0.3, 0.4) is 0 Å². The fraction of sp³-hybridized carbons (Fsp3) is 0.829. The zero-order valence-electron chi connectivity index (χ0n) is 26.6. The van der Waals surface area contributed by atoms with E-state index in [1.54, 1.807) is 0 Å². The summed E-state index contributed by atoms with van der Waals surface area (Å²) in [4.78, 5) is 26.3. The normalized spacial score (nSPS) is 48.9. The minimum atomic E-state index is -1.11. The molecule has 0 radical (unpaired) electrons. The number of carbonyl (C=O) groups is 2. The highest BCUT2D eigenvalue weighted by Crippen LogP contribution is 2.78. The molecule has 0 aromatic heterocycles. The number of hydrogen-bond donors (Lipinski definition) is 2. The van der Waals surface area contributed by atoms with E-state index in [0.717, 1.165) is 44.1 Å². The molecule has 41 heavy (non-hydrogen) atoms. The van der Waals surface area contributed by atoms with Gasteiger partial charge in [0.2, 0.25) is 0 Å². The quantitative estimate of drug-likeness (QED) is 0.215. The number of rotatable bonds is 3. The monoisotopic (exact) mass is 568 g/mol. The molecular formula is C35H52O6. The van der Waals surface area contributed by atoms with Crippen LogP contribution in [0, 0.1) is 50.2 Å². The van der Waals surface area contributed by atoms with E-state index >= 15 is 0 Å². The van der Waals surface area contributed by atoms with Crippen molar-refractivity contribution < 1.29 is 29.3 Å². The molecule has 2 heterocycles. The molecule has 4 saturated carbocycles. The minimum Gasteiger partial charge on any atom is -0.481 e. The van der Waals surface area contributed by atoms with Crippen LogP contribution in [-0.4, -0.2) is 40.6 Å². The zero-order chi connectivity index (χ0) is 30.0. The molecule has 2 aliphatic heterocycles. The van der Waals surface area contributed by atoms with Crippen molar-refractivity contribution in [3.05, 3.63) is 23.3 Å². The zero-order valence-corrected chi connectivity index (χ0v) is 26.6. The molecule has 2 bridgehead atoms. The molecule has 6 heteroatoms. The molecule has 5 aliphatic carbocycles. The highest BCUT2D eigenvalue weighted by molar-refractivity contribution is 5.84. The SMILES string of the molecule is CC(C)=CC(=O)O[C@@H]1CC(C)(C)CC2C3=CCC4C56CC[C@](O)(OC5)C(C)(C)C6CC[C@@]4(C)C3(C)CC[C@]21C(=O)O. The Kier molecular flexibility index (Phi) is 6.25. The van der Waals surface area contributed by atoms with Gasteiger partial charge in [-0.1, -0.05) is 58.8 Å². The molecule has 5 unspecified atom stereocenters. The molecule has 7 rings (SSSR count). The van der Waals surface area contributed by atoms with Gasteiger partial charge in [-0.15, -0.1) is 0 Å². The van der Waals surface area contributed by atoms with Gasteiger partial charge in [-0.25, -0.2) is 4.79 Å². The van der Waals surface area contributed by atoms with Crippen LogP contribution in [0.4, 0.5) is 0 Å². The van der Waals surface area contributed by atoms with Crippen molar-refractivity contribution in [2.75, 3.05) is 6.61 Å². The molecule has 2 saturated heterocycles. The van der Waals surface area contributed by atoms with Gasteiger partial charge in [0.25, 0.3) is 0 Å². The molecule has 0 aromatic carbocycles. The molecule has 6 fully saturated rings. The molecule has 9 atom stereocenters. The number of carboxylic acid groups (broad SMARTS) is 1. The summed E-state index contributed by atoms with van der Waals surface area (Å²) in [5, 5.41) is 22.4. The molecule has 6 nitrogen and oxygen atoms in total. The highest BCUT2D eigenvalue weighted by Gasteiger charge is 2.75. The first-order chi connectivity index (χ1) is 18.9. The van der Waals surface area contributed by atoms with Crippen molar-refractivity contribution in [2.24, 2.45) is 50.2 Å². The third kappa shape index (κ3) is 3.62. The maximum atomic E-state index is 13.4. The van der Waals surface area contributed by atoms with Crippen LogP contribution >= 0.6 is 0 Å². The lowest BCUT2D eigenvalue weighted by Crippen LogP contribution is -2.73. The number of esters is 1. The standard InChI is InChI=1S/C35H52O6/c1-21(2)17-27(36)41-26-19-29(3,4)18-23-22-9-10-25-32(8,31(22,7)13-15-34(23,26)28(37)38)12-11-24-30(5,6)35(39)16-14-33(24,25)20-40-35/h9,17,23-26,39H,10-16,18-20H2,1-8H3,(H,37,38)/t23?,24?,25?,26-,31?,32-,33?,34+,35+/m1/s1. The molecule has 2 N–H and O–H groups in total. The summed E-state index contributed by atoms with van der Waals surface area (Å²) in [6.07, 6.45) is 10.6. The molecule has 0 amide bonds. The maximum Gasteiger partial charge on any atom is 0.330 e. The van der Waals surface area contributed by atoms with E-state index in [9.17, 15) is 19.8 Å². The third-order valence-electron chi connectivity index (χ3n) is 14.1. The summed E-state index contributed by atoms with van der Waals surface area (Å²) in [5.41, 5.74) is 0.486. The van der Waals surface area contributed by atoms with Crippen LogP contribution in [0.2, 0.25) is 0 Å². The number of allylic oxidation sites excluding steroid dienone is 3. The summed E-state index contributed by atoms with van der Waals surface area (Å²) in [6.45, 7) is 18.1. The predicted octanol–water partition coefficient (Wildman–Crippen LogP) is 7.06. The first kappa shape index (κ1) is 29.4. The Balaban J connectivity index is 1.44. The Bertz CT molecular complexity index is 1210. The number of carboxylic acids is 1. The summed E-state index contributed by atoms with van der Waals surface area (Å²) >= 11 is 0. The largest absolute Gasteiger partial charge is 0.481 e. The van der Waals surface area contributed by atoms with Crippen LogP contribution in [0.5, 0.6) is 0 Å². The predicted molar refractivity (Wildman–Crippen MR) is 157 cm³/mol. The first-order valence-corrected chi connectivity index (χ1v) is 16.0. The Morgan fingerprint density at radius 2 is 1.68 bits per heavy atom. The lowest BCUT2D eigenvalue weighted by atomic mass is 9.32. The average molecular weight is 569 g/mol. The number of hydrogen-bond acceptors (Lipinski definition) is 5. The second-order valence-electron chi connectivity index (χ2n) is 16.9. The van der Waals surface area contributed by atoms with Gasteiger partial charge in [-0.3, -0.25) is 4.79 Å². The van der Waals surface area contributed by atoms with Gasteiger partial charge in [0.1, 0.15) is 11.5 Å². The number of ether oxygens (including phenoxy) is 2. The van der Waals surface area contributed by atoms with Crippen LogP contribution < -0.4 is 0 Å². The second kappa shape index (κ2) is 8.71. The van der Waals surface area contributed by atoms with E-state index < -0.39 is 29.2 Å². The van der Waals surface area contributed by atoms with E-state index in [4.69, 9.17) is 9.47 Å². The fourth-order valence-corrected chi connectivity index (χ4v) is 11.8. The van der Waals surface area contributed by atoms with Crippen LogP contribution in [0.1, 0.15) is 113 Å². The highest BCUT2D eigenvalue weighted by atomic mass is 16.6. The third-order valence-corrected chi connectivity index (χ3v) is 14.1. The van der Waals surface area contributed by atoms with E-state index in [2.05, 4.69) is 47.6 Å². The van der Waals surface area contributed by atoms with Gasteiger partial charge >= 0.3 is 11.9 Å². The fourth-order valence-electron chi connectivity index (χ4n) is 11.8. The first-order valence-electron chi connectivity index (χ1n) is 16.0. The second-order valence-corrected chi connectivity index (χ2v) is 16.9. The van der Waals surface area contributed by atoms with Crippen LogP contribution in [-0.2, 0) is 19.1 Å². The van der Waals surface area contributed by atoms with Gasteiger partial charge in [0.15, 0.2) is 5.79 Å². The van der Waals surface area contributed by atoms with Crippen molar-refractivity contribution in [1.29, 1.82) is 0 Å². The number of fused-ring (bicyclic) bond motifs is 7. The summed E-state index contributed by atoms with van der Waals surface area (Å²) in [5.74, 6) is -1.63. The Morgan fingerprint density at radius 1 is 0.976 bits per heavy atom. The van der Waals surface area contributed by atoms with Crippen molar-refractivity contribution >= 4 is 11.9 Å². The number of aliphatic hydroxyl groups is 1. The molecule has 228 valence electrons. The number of aliphatic carboxylic acids is 1. The Labute approximate surface area is 246 Å². The minimum absolute atomic E-state index is 0.000304. The van der Waals surface area contributed by atoms with Crippen LogP contribution in [0.25, 0.3) is 0 Å². The van der Waals surface area contributed by atoms with Gasteiger partial charge in [0.05, 0.1) is 6.61 Å². The van der Waals surface area contributed by atoms with Crippen molar-refractivity contribution in [1.82, 2.24) is 0 Å². The molecular weight excluding hydrogens is 516 g/mol. The van der Waals surface area contributed by atoms with Crippen LogP contribution in [0.15, 0.2) is 23.3 Å². The van der Waals surface area contributed by atoms with E-state index in [0.29, 0.717) is 37.7 Å². The van der Waals surface area contributed by atoms with E-state index in [1.165, 1.54) is 11.6 Å². The molecule has 1 spiro atoms. The molecule has 7 aliphatic rings. The Morgan fingerprint density at radius 3 is 2.29 bits per heavy atom. The van der Waals surface area contributed by atoms with Gasteiger partial charge in [-0.05, 0) is 93.3 Å². The van der Waals surface area contributed by atoms with Crippen molar-refractivity contribution in [3.8, 4) is 0 Å². The van der Waals surface area contributed by atoms with Crippen molar-refractivity contribution in [2.45, 2.75) is 125 Å². The Hall–Kier alpha value is -1.66. The van der Waals surface area contributed by atoms with Gasteiger partial charge in [0, 0.05) is 29.2 Å². The van der Waals surface area contributed by atoms with E-state index in [1.807, 2.05) is 13.8 Å². The smallest absolute Gasteiger partial charge is 0.330 e. The summed E-state index contributed by atoms with van der Waals surface area (Å²) < 4.78 is 12.4. The molecule has 0 aromatic rings. The van der Waals surface area contributed by atoms with Gasteiger partial charge in [-0.2, -0.15) is 0 Å². The summed E-state index contributed by atoms with van der Waals surface area (Å²) in [7, 11) is 0. The van der Waals surface area contributed by atoms with E-state index in [-0.39, 0.29) is 33.0 Å². The van der Waals surface area contributed by atoms with Crippen molar-refractivity contribution in [3.63, 3.8) is 0 Å². The maximum absolute atomic E-state index is 13.4. The van der Waals surface area contributed by atoms with Gasteiger partial charge < -0.3 is 19.7 Å². The number of carbonyl (C=O) groups excluding carboxylic acids is 1. The lowest BCUT2D eigenvalue weighted by Gasteiger charge is -2.74. The topological polar surface area (TPSA) is 93.1 Å². The average Bonchev–Trinajstić information content (AvgIpc) is 2.84. The summed E-state index contributed by atoms with van der Waals surface area (Å²) in [6, 6.07) is 0. The lowest BCUT2D eigenvalue weighted by molar-refractivity contribution is -0.395.